The molecule has 6 amide bonds. The Morgan fingerprint density at radius 1 is 1.02 bits per heavy atom. The topological polar surface area (TPSA) is 279 Å². The summed E-state index contributed by atoms with van der Waals surface area (Å²) in [5, 5.41) is 31.7. The van der Waals surface area contributed by atoms with Crippen LogP contribution in [-0.2, 0) is 65.5 Å². The lowest BCUT2D eigenvalue weighted by Gasteiger charge is -2.43. The Labute approximate surface area is 490 Å². The number of rotatable bonds is 19. The Morgan fingerprint density at radius 3 is 2.44 bits per heavy atom. The van der Waals surface area contributed by atoms with Gasteiger partial charge in [-0.3, -0.25) is 29.3 Å². The highest BCUT2D eigenvalue weighted by Crippen LogP contribution is 2.40. The van der Waals surface area contributed by atoms with Crippen LogP contribution in [-0.4, -0.2) is 155 Å². The first-order chi connectivity index (χ1) is 38.6. The van der Waals surface area contributed by atoms with Gasteiger partial charge in [-0.25, -0.2) is 19.8 Å². The second-order valence-corrected chi connectivity index (χ2v) is 25.4. The fourth-order valence-electron chi connectivity index (χ4n) is 9.82. The zero-order chi connectivity index (χ0) is 60.3. The molecule has 6 rings (SSSR count). The quantitative estimate of drug-likeness (QED) is 0.0376. The predicted molar refractivity (Wildman–Crippen MR) is 308 cm³/mol. The summed E-state index contributed by atoms with van der Waals surface area (Å²) in [4.78, 5) is 111. The zero-order valence-corrected chi connectivity index (χ0v) is 50.4. The molecule has 2 aromatic carbocycles. The molecule has 448 valence electrons. The number of alkyl carbamates (subject to hydrolysis) is 1. The fourth-order valence-corrected chi connectivity index (χ4v) is 12.6. The lowest BCUT2D eigenvalue weighted by atomic mass is 9.81. The predicted octanol–water partition coefficient (Wildman–Crippen LogP) is 6.67. The number of aryl methyl sites for hydroxylation is 1. The van der Waals surface area contributed by atoms with Crippen molar-refractivity contribution in [1.29, 1.82) is 0 Å². The van der Waals surface area contributed by atoms with Crippen molar-refractivity contribution in [3.05, 3.63) is 75.8 Å². The number of hydroxylamine groups is 2. The van der Waals surface area contributed by atoms with Crippen molar-refractivity contribution in [3.63, 3.8) is 0 Å². The van der Waals surface area contributed by atoms with E-state index in [1.165, 1.54) is 73.6 Å². The Balaban J connectivity index is 1.02. The van der Waals surface area contributed by atoms with Gasteiger partial charge in [-0.1, -0.05) is 63.9 Å². The molecular formula is C57H75ClN6O16S2. The number of esters is 1. The summed E-state index contributed by atoms with van der Waals surface area (Å²) < 4.78 is 28.1. The molecule has 4 bridgehead atoms. The summed E-state index contributed by atoms with van der Waals surface area (Å²) in [7, 11) is 8.62. The van der Waals surface area contributed by atoms with E-state index in [9.17, 15) is 48.6 Å². The number of hydrogen-bond donors (Lipinski definition) is 4. The van der Waals surface area contributed by atoms with E-state index in [1.807, 2.05) is 39.0 Å². The zero-order valence-electron chi connectivity index (χ0n) is 48.0. The van der Waals surface area contributed by atoms with Crippen molar-refractivity contribution < 1.29 is 77.1 Å². The maximum Gasteiger partial charge on any atom is 0.409 e. The summed E-state index contributed by atoms with van der Waals surface area (Å²) >= 11 is 6.80. The van der Waals surface area contributed by atoms with Crippen molar-refractivity contribution in [1.82, 2.24) is 20.7 Å². The van der Waals surface area contributed by atoms with E-state index in [-0.39, 0.29) is 68.4 Å². The molecule has 1 unspecified atom stereocenters. The molecule has 82 heavy (non-hydrogen) atoms. The largest absolute Gasteiger partial charge is 0.495 e. The molecule has 4 N–H and O–H groups in total. The number of nitrogens with one attached hydrogen (secondary N) is 2. The molecule has 2 fully saturated rings. The minimum absolute atomic E-state index is 0.0213. The number of amides is 6. The molecule has 2 saturated heterocycles. The van der Waals surface area contributed by atoms with Crippen LogP contribution in [0.15, 0.2) is 59.2 Å². The lowest BCUT2D eigenvalue weighted by molar-refractivity contribution is -0.197. The summed E-state index contributed by atoms with van der Waals surface area (Å²) in [6, 6.07) is 7.84. The number of imide groups is 1. The number of ether oxygens (including phenoxy) is 5. The van der Waals surface area contributed by atoms with Crippen LogP contribution in [0.25, 0.3) is 0 Å². The minimum atomic E-state index is -1.96. The third kappa shape index (κ3) is 17.2. The van der Waals surface area contributed by atoms with Crippen LogP contribution in [0, 0.1) is 5.92 Å². The summed E-state index contributed by atoms with van der Waals surface area (Å²) in [5.41, 5.74) is 3.31. The van der Waals surface area contributed by atoms with Crippen LogP contribution in [0.5, 0.6) is 11.5 Å². The highest BCUT2D eigenvalue weighted by Gasteiger charge is 2.49. The fraction of sp³-hybridized carbons (Fsp3) is 0.561. The average Bonchev–Trinajstić information content (AvgIpc) is 3.67. The Kier molecular flexibility index (Phi) is 22.5. The van der Waals surface area contributed by atoms with Crippen molar-refractivity contribution in [2.75, 3.05) is 45.6 Å². The number of fused-ring (bicyclic) bond motifs is 5. The maximum atomic E-state index is 14.3. The number of aliphatic hydroxyl groups is 2. The van der Waals surface area contributed by atoms with Gasteiger partial charge in [0.2, 0.25) is 17.7 Å². The van der Waals surface area contributed by atoms with Crippen LogP contribution in [0.2, 0.25) is 5.02 Å². The molecule has 3 heterocycles. The first-order valence-electron chi connectivity index (χ1n) is 27.0. The number of carbonyl (C=O) groups excluding carboxylic acids is 8. The summed E-state index contributed by atoms with van der Waals surface area (Å²) in [5.74, 6) is -3.38. The first kappa shape index (κ1) is 65.0. The summed E-state index contributed by atoms with van der Waals surface area (Å²) in [6.07, 6.45) is 1.99. The van der Waals surface area contributed by atoms with Crippen molar-refractivity contribution in [2.24, 2.45) is 11.0 Å². The van der Waals surface area contributed by atoms with Gasteiger partial charge in [-0.05, 0) is 114 Å². The van der Waals surface area contributed by atoms with Gasteiger partial charge in [0.25, 0.3) is 11.8 Å². The maximum absolute atomic E-state index is 14.3. The lowest BCUT2D eigenvalue weighted by Crippen LogP contribution is -2.63. The highest BCUT2D eigenvalue weighted by atomic mass is 35.5. The molecule has 0 spiro atoms. The molecule has 3 aliphatic heterocycles. The van der Waals surface area contributed by atoms with E-state index in [2.05, 4.69) is 15.8 Å². The van der Waals surface area contributed by atoms with Gasteiger partial charge < -0.3 is 48.5 Å². The van der Waals surface area contributed by atoms with Gasteiger partial charge in [0.1, 0.15) is 40.9 Å². The molecule has 1 aliphatic carbocycles. The second kappa shape index (κ2) is 28.4. The molecular weight excluding hydrogens is 1120 g/mol. The number of nitrogens with zero attached hydrogens (tertiary/aromatic N) is 4. The van der Waals surface area contributed by atoms with Gasteiger partial charge in [0, 0.05) is 69.4 Å². The van der Waals surface area contributed by atoms with E-state index >= 15 is 0 Å². The third-order valence-corrected chi connectivity index (χ3v) is 18.3. The van der Waals surface area contributed by atoms with Crippen molar-refractivity contribution >= 4 is 92.2 Å². The first-order valence-corrected chi connectivity index (χ1v) is 29.7. The average molecular weight is 1200 g/mol. The molecule has 0 aromatic heterocycles. The van der Waals surface area contributed by atoms with Gasteiger partial charge in [0.05, 0.1) is 43.6 Å². The van der Waals surface area contributed by atoms with Crippen LogP contribution < -0.4 is 25.1 Å². The van der Waals surface area contributed by atoms with Crippen LogP contribution in [0.4, 0.5) is 10.5 Å². The monoisotopic (exact) mass is 1200 g/mol. The van der Waals surface area contributed by atoms with E-state index in [4.69, 9.17) is 40.1 Å². The van der Waals surface area contributed by atoms with Gasteiger partial charge in [0.15, 0.2) is 5.72 Å². The SMILES string of the molecule is COc1cc2cc(c1Cl)N(C)C(=O)C[C@H](OC(=O)[C@H](C)N(C)C(=O)CCSSC(C)(C)CC(=O)N/N=C1\CCc3cc(OCCCC(=O)ON4C(=O)CCC4=O)ccc31)C(C)(O)C[C@H](C)[C@@H]1C[C@@](O)(NC(=O)O1)[C@H](OC)/C=C/C=C(\C)C2. The third-order valence-electron chi connectivity index (χ3n) is 14.6. The number of benzene rings is 2. The number of methoxy groups -OCH3 is 2. The number of anilines is 1. The van der Waals surface area contributed by atoms with Crippen molar-refractivity contribution in [2.45, 2.75) is 159 Å². The molecule has 22 nitrogen and oxygen atoms in total. The number of hydrogen-bond acceptors (Lipinski definition) is 19. The van der Waals surface area contributed by atoms with Gasteiger partial charge in [-0.15, -0.1) is 5.06 Å². The van der Waals surface area contributed by atoms with E-state index in [0.29, 0.717) is 59.4 Å². The number of allylic oxidation sites excluding steroid dienone is 3. The smallest absolute Gasteiger partial charge is 0.409 e. The Bertz CT molecular complexity index is 2830. The number of carbonyl (C=O) groups is 8. The molecule has 0 radical (unpaired) electrons. The number of halogens is 1. The molecule has 7 atom stereocenters. The van der Waals surface area contributed by atoms with Crippen LogP contribution in [0.1, 0.15) is 122 Å². The molecule has 0 saturated carbocycles. The highest BCUT2D eigenvalue weighted by molar-refractivity contribution is 8.77. The second-order valence-electron chi connectivity index (χ2n) is 21.9. The molecule has 2 aromatic rings. The number of likely N-dealkylation sites (N-methyl/N-ethyl adjacent to an activating group) is 1. The van der Waals surface area contributed by atoms with E-state index in [1.54, 1.807) is 37.3 Å². The normalized spacial score (nSPS) is 25.3. The van der Waals surface area contributed by atoms with Crippen LogP contribution >= 0.6 is 33.2 Å². The summed E-state index contributed by atoms with van der Waals surface area (Å²) in [6.45, 7) is 10.5. The molecule has 25 heteroatoms. The Morgan fingerprint density at radius 2 is 1.74 bits per heavy atom. The standard InChI is InChI=1S/C57H75ClN6O16S2/c1-33-13-11-14-44(76-10)57(74)31-43(78-54(72)59-57)34(2)30-56(6,73)45(29-50(69)63(8)41-26-36(25-33)27-42(75-9)52(41)58)79-53(71)35(3)62(7)47(66)22-24-81-82-55(4,5)32-46(65)61-60-40-19-16-37-28-38(17-18-39(37)40)77-23-12-15-51(70)80-64-48(67)20-21-49(64)68/h11,13-14,17-18,26-28,34-35,43-45,73-74H,12,15-16,19-25,29-32H2,1-10H3,(H,59,72)(H,61,65)/b14-11+,33-13+,60-40+/t34-,35-,43-,44+,45-,56?,57-/m0/s1. The van der Waals surface area contributed by atoms with E-state index in [0.717, 1.165) is 22.3 Å². The minimum Gasteiger partial charge on any atom is -0.495 e. The van der Waals surface area contributed by atoms with Crippen molar-refractivity contribution in [3.8, 4) is 11.5 Å². The van der Waals surface area contributed by atoms with E-state index < -0.39 is 88.5 Å². The van der Waals surface area contributed by atoms with Crippen LogP contribution in [0.3, 0.4) is 0 Å². The molecule has 4 aliphatic rings. The van der Waals surface area contributed by atoms with Gasteiger partial charge in [-0.2, -0.15) is 5.10 Å². The Hall–Kier alpha value is -6.18. The number of hydrazone groups is 1. The van der Waals surface area contributed by atoms with Gasteiger partial charge >= 0.3 is 18.0 Å².